The first-order valence-electron chi connectivity index (χ1n) is 7.91. The summed E-state index contributed by atoms with van der Waals surface area (Å²) >= 11 is 23.1. The molecule has 0 aliphatic carbocycles. The average molecular weight is 461 g/mol. The third-order valence-electron chi connectivity index (χ3n) is 3.53. The van der Waals surface area contributed by atoms with E-state index in [0.29, 0.717) is 11.3 Å². The Hall–Kier alpha value is -2.06. The minimum Gasteiger partial charge on any atom is -0.478 e. The van der Waals surface area contributed by atoms with E-state index in [0.717, 1.165) is 5.56 Å². The summed E-state index contributed by atoms with van der Waals surface area (Å²) in [5.74, 6) is -1.53. The molecule has 0 aromatic heterocycles. The van der Waals surface area contributed by atoms with Crippen LogP contribution in [0.5, 0.6) is 0 Å². The molecular formula is C18H16Cl3N3O3S. The number of alkyl halides is 3. The van der Waals surface area contributed by atoms with Crippen molar-refractivity contribution in [1.82, 2.24) is 10.6 Å². The van der Waals surface area contributed by atoms with Crippen LogP contribution in [0.4, 0.5) is 5.69 Å². The highest BCUT2D eigenvalue weighted by Gasteiger charge is 2.35. The summed E-state index contributed by atoms with van der Waals surface area (Å²) in [6.07, 6.45) is -1.15. The molecule has 28 heavy (non-hydrogen) atoms. The van der Waals surface area contributed by atoms with Gasteiger partial charge in [-0.05, 0) is 49.5 Å². The van der Waals surface area contributed by atoms with Gasteiger partial charge < -0.3 is 21.1 Å². The molecule has 4 N–H and O–H groups in total. The predicted octanol–water partition coefficient (Wildman–Crippen LogP) is 4.11. The molecule has 1 amide bonds. The van der Waals surface area contributed by atoms with Crippen LogP contribution in [0.25, 0.3) is 0 Å². The third kappa shape index (κ3) is 6.53. The number of anilines is 1. The highest BCUT2D eigenvalue weighted by molar-refractivity contribution is 7.80. The van der Waals surface area contributed by atoms with Crippen LogP contribution in [-0.4, -0.2) is 32.1 Å². The Morgan fingerprint density at radius 1 is 1.04 bits per heavy atom. The molecule has 0 fully saturated rings. The summed E-state index contributed by atoms with van der Waals surface area (Å²) < 4.78 is -1.91. The zero-order valence-corrected chi connectivity index (χ0v) is 17.6. The van der Waals surface area contributed by atoms with E-state index < -0.39 is 21.8 Å². The van der Waals surface area contributed by atoms with E-state index in [1.54, 1.807) is 30.3 Å². The Kier molecular flexibility index (Phi) is 7.48. The van der Waals surface area contributed by atoms with Gasteiger partial charge >= 0.3 is 5.97 Å². The van der Waals surface area contributed by atoms with Gasteiger partial charge in [-0.2, -0.15) is 0 Å². The molecule has 0 heterocycles. The highest BCUT2D eigenvalue weighted by Crippen LogP contribution is 2.29. The van der Waals surface area contributed by atoms with E-state index in [2.05, 4.69) is 16.0 Å². The lowest BCUT2D eigenvalue weighted by Crippen LogP contribution is -2.56. The Bertz CT molecular complexity index is 903. The van der Waals surface area contributed by atoms with Crippen LogP contribution < -0.4 is 16.0 Å². The van der Waals surface area contributed by atoms with Crippen LogP contribution in [0.3, 0.4) is 0 Å². The van der Waals surface area contributed by atoms with Gasteiger partial charge in [-0.1, -0.05) is 58.6 Å². The van der Waals surface area contributed by atoms with Crippen molar-refractivity contribution in [1.29, 1.82) is 0 Å². The standard InChI is InChI=1S/C18H16Cl3N3O3S/c1-10-4-2-5-11(8-10)14(25)23-16(18(19,20)21)24-17(28)22-13-7-3-6-12(9-13)15(26)27/h2-9,16H,1H3,(H,23,25)(H,26,27)(H2,22,24,28). The highest BCUT2D eigenvalue weighted by atomic mass is 35.6. The lowest BCUT2D eigenvalue weighted by molar-refractivity contribution is 0.0696. The van der Waals surface area contributed by atoms with Crippen molar-refractivity contribution in [2.24, 2.45) is 0 Å². The van der Waals surface area contributed by atoms with Crippen molar-refractivity contribution in [3.8, 4) is 0 Å². The van der Waals surface area contributed by atoms with Gasteiger partial charge in [0.05, 0.1) is 5.56 Å². The molecule has 0 aliphatic rings. The van der Waals surface area contributed by atoms with E-state index in [4.69, 9.17) is 52.1 Å². The van der Waals surface area contributed by atoms with Crippen LogP contribution in [-0.2, 0) is 0 Å². The minimum atomic E-state index is -1.91. The Morgan fingerprint density at radius 3 is 2.29 bits per heavy atom. The molecule has 0 saturated carbocycles. The zero-order chi connectivity index (χ0) is 20.9. The summed E-state index contributed by atoms with van der Waals surface area (Å²) in [5, 5.41) is 17.2. The smallest absolute Gasteiger partial charge is 0.335 e. The van der Waals surface area contributed by atoms with Gasteiger partial charge in [0.1, 0.15) is 6.17 Å². The summed E-state index contributed by atoms with van der Waals surface area (Å²) in [7, 11) is 0. The third-order valence-corrected chi connectivity index (χ3v) is 4.40. The van der Waals surface area contributed by atoms with Crippen molar-refractivity contribution in [3.63, 3.8) is 0 Å². The number of thiocarbonyl (C=S) groups is 1. The molecule has 0 aliphatic heterocycles. The number of hydrogen-bond acceptors (Lipinski definition) is 3. The van der Waals surface area contributed by atoms with E-state index in [9.17, 15) is 9.59 Å². The number of halogens is 3. The fraction of sp³-hybridized carbons (Fsp3) is 0.167. The van der Waals surface area contributed by atoms with Crippen LogP contribution >= 0.6 is 47.0 Å². The fourth-order valence-corrected chi connectivity index (χ4v) is 2.79. The van der Waals surface area contributed by atoms with E-state index in [-0.39, 0.29) is 10.7 Å². The second-order valence-corrected chi connectivity index (χ2v) is 8.58. The van der Waals surface area contributed by atoms with Gasteiger partial charge in [-0.15, -0.1) is 0 Å². The largest absolute Gasteiger partial charge is 0.478 e. The molecular weight excluding hydrogens is 445 g/mol. The first kappa shape index (κ1) is 22.2. The van der Waals surface area contributed by atoms with E-state index in [1.807, 2.05) is 13.0 Å². The summed E-state index contributed by atoms with van der Waals surface area (Å²) in [4.78, 5) is 23.5. The fourth-order valence-electron chi connectivity index (χ4n) is 2.23. The average Bonchev–Trinajstić information content (AvgIpc) is 2.60. The number of nitrogens with one attached hydrogen (secondary N) is 3. The molecule has 2 aromatic carbocycles. The van der Waals surface area contributed by atoms with Gasteiger partial charge in [-0.25, -0.2) is 4.79 Å². The SMILES string of the molecule is Cc1cccc(C(=O)NC(NC(=S)Nc2cccc(C(=O)O)c2)C(Cl)(Cl)Cl)c1. The minimum absolute atomic E-state index is 0.0309. The maximum Gasteiger partial charge on any atom is 0.335 e. The molecule has 6 nitrogen and oxygen atoms in total. The molecule has 2 aromatic rings. The van der Waals surface area contributed by atoms with Gasteiger partial charge in [0.2, 0.25) is 3.79 Å². The second kappa shape index (κ2) is 9.43. The molecule has 0 saturated heterocycles. The van der Waals surface area contributed by atoms with Gasteiger partial charge in [0.15, 0.2) is 5.11 Å². The number of aryl methyl sites for hydroxylation is 1. The first-order valence-corrected chi connectivity index (χ1v) is 9.45. The number of hydrogen-bond donors (Lipinski definition) is 4. The predicted molar refractivity (Wildman–Crippen MR) is 115 cm³/mol. The maximum absolute atomic E-state index is 12.5. The van der Waals surface area contributed by atoms with Gasteiger partial charge in [-0.3, -0.25) is 4.79 Å². The molecule has 2 rings (SSSR count). The van der Waals surface area contributed by atoms with Crippen LogP contribution in [0.15, 0.2) is 48.5 Å². The van der Waals surface area contributed by atoms with Crippen molar-refractivity contribution >= 4 is 69.7 Å². The number of carboxylic acids is 1. The molecule has 0 spiro atoms. The quantitative estimate of drug-likeness (QED) is 0.305. The monoisotopic (exact) mass is 459 g/mol. The zero-order valence-electron chi connectivity index (χ0n) is 14.5. The van der Waals surface area contributed by atoms with E-state index in [1.165, 1.54) is 12.1 Å². The molecule has 0 bridgehead atoms. The van der Waals surface area contributed by atoms with Crippen LogP contribution in [0.2, 0.25) is 0 Å². The summed E-state index contributed by atoms with van der Waals surface area (Å²) in [6.45, 7) is 1.85. The molecule has 1 atom stereocenters. The van der Waals surface area contributed by atoms with E-state index >= 15 is 0 Å². The Labute approximate surface area is 182 Å². The Morgan fingerprint density at radius 2 is 1.68 bits per heavy atom. The second-order valence-electron chi connectivity index (χ2n) is 5.80. The number of amides is 1. The number of carbonyl (C=O) groups excluding carboxylic acids is 1. The number of aromatic carboxylic acids is 1. The first-order chi connectivity index (χ1) is 13.1. The lowest BCUT2D eigenvalue weighted by Gasteiger charge is -2.28. The molecule has 10 heteroatoms. The normalized spacial score (nSPS) is 12.0. The molecule has 0 radical (unpaired) electrons. The number of benzene rings is 2. The lowest BCUT2D eigenvalue weighted by atomic mass is 10.1. The Balaban J connectivity index is 2.09. The van der Waals surface area contributed by atoms with Crippen molar-refractivity contribution in [3.05, 3.63) is 65.2 Å². The van der Waals surface area contributed by atoms with Gasteiger partial charge in [0.25, 0.3) is 5.91 Å². The summed E-state index contributed by atoms with van der Waals surface area (Å²) in [5.41, 5.74) is 1.81. The topological polar surface area (TPSA) is 90.5 Å². The van der Waals surface area contributed by atoms with Crippen molar-refractivity contribution < 1.29 is 14.7 Å². The van der Waals surface area contributed by atoms with Crippen LogP contribution in [0, 0.1) is 6.92 Å². The number of rotatable bonds is 5. The van der Waals surface area contributed by atoms with Crippen molar-refractivity contribution in [2.75, 3.05) is 5.32 Å². The van der Waals surface area contributed by atoms with Gasteiger partial charge in [0, 0.05) is 11.3 Å². The number of carbonyl (C=O) groups is 2. The van der Waals surface area contributed by atoms with Crippen molar-refractivity contribution in [2.45, 2.75) is 16.9 Å². The summed E-state index contributed by atoms with van der Waals surface area (Å²) in [6, 6.07) is 12.9. The molecule has 148 valence electrons. The van der Waals surface area contributed by atoms with Crippen LogP contribution in [0.1, 0.15) is 26.3 Å². The number of carboxylic acid groups (broad SMARTS) is 1. The molecule has 1 unspecified atom stereocenters. The maximum atomic E-state index is 12.5.